The Morgan fingerprint density at radius 2 is 2.15 bits per heavy atom. The number of fused-ring (bicyclic) bond motifs is 1. The lowest BCUT2D eigenvalue weighted by Gasteiger charge is -2.43. The van der Waals surface area contributed by atoms with Crippen molar-refractivity contribution in [1.82, 2.24) is 4.90 Å². The van der Waals surface area contributed by atoms with Crippen molar-refractivity contribution in [3.63, 3.8) is 0 Å². The van der Waals surface area contributed by atoms with Gasteiger partial charge in [-0.1, -0.05) is 12.8 Å². The molecule has 1 amide bonds. The van der Waals surface area contributed by atoms with Crippen LogP contribution in [0.25, 0.3) is 0 Å². The summed E-state index contributed by atoms with van der Waals surface area (Å²) in [5, 5.41) is -0.299. The van der Waals surface area contributed by atoms with Crippen LogP contribution in [-0.2, 0) is 19.1 Å². The number of amides is 1. The normalized spacial score (nSPS) is 27.6. The molecule has 0 spiro atoms. The smallest absolute Gasteiger partial charge is 0.318 e. The van der Waals surface area contributed by atoms with Crippen molar-refractivity contribution >= 4 is 23.6 Å². The fourth-order valence-electron chi connectivity index (χ4n) is 2.92. The highest BCUT2D eigenvalue weighted by Gasteiger charge is 2.36. The van der Waals surface area contributed by atoms with E-state index in [1.807, 2.05) is 4.90 Å². The molecule has 1 aliphatic heterocycles. The van der Waals surface area contributed by atoms with Crippen LogP contribution in [0.3, 0.4) is 0 Å². The van der Waals surface area contributed by atoms with Gasteiger partial charge in [0.25, 0.3) is 0 Å². The molecule has 2 rings (SSSR count). The van der Waals surface area contributed by atoms with E-state index in [1.54, 1.807) is 6.92 Å². The molecule has 5 nitrogen and oxygen atoms in total. The van der Waals surface area contributed by atoms with Gasteiger partial charge in [-0.3, -0.25) is 9.59 Å². The molecule has 0 aromatic rings. The Morgan fingerprint density at radius 1 is 1.40 bits per heavy atom. The summed E-state index contributed by atoms with van der Waals surface area (Å²) in [7, 11) is 1.37. The van der Waals surface area contributed by atoms with Crippen molar-refractivity contribution in [2.45, 2.75) is 50.0 Å². The minimum atomic E-state index is -0.299. The third kappa shape index (κ3) is 3.67. The van der Waals surface area contributed by atoms with Crippen LogP contribution in [0, 0.1) is 0 Å². The van der Waals surface area contributed by atoms with Gasteiger partial charge in [0, 0.05) is 6.54 Å². The van der Waals surface area contributed by atoms with Crippen LogP contribution in [0.1, 0.15) is 32.6 Å². The van der Waals surface area contributed by atoms with E-state index in [-0.39, 0.29) is 29.3 Å². The Bertz CT molecular complexity index is 361. The second-order valence-electron chi connectivity index (χ2n) is 5.32. The van der Waals surface area contributed by atoms with Crippen molar-refractivity contribution in [3.8, 4) is 0 Å². The standard InChI is InChI=1S/C14H23NO4S/c1-10(14(17)18-2)20-9-13(16)15-7-8-19-12-6-4-3-5-11(12)15/h10-12H,3-9H2,1-2H3/t10-,11-,12-/m0/s1. The van der Waals surface area contributed by atoms with Gasteiger partial charge in [0.15, 0.2) is 0 Å². The molecule has 0 aromatic heterocycles. The average Bonchev–Trinajstić information content (AvgIpc) is 2.50. The number of esters is 1. The predicted molar refractivity (Wildman–Crippen MR) is 77.6 cm³/mol. The molecule has 1 saturated heterocycles. The van der Waals surface area contributed by atoms with Gasteiger partial charge in [-0.05, 0) is 19.8 Å². The molecule has 114 valence electrons. The van der Waals surface area contributed by atoms with Gasteiger partial charge in [-0.15, -0.1) is 11.8 Å². The maximum Gasteiger partial charge on any atom is 0.318 e. The third-order valence-corrected chi connectivity index (χ3v) is 5.15. The van der Waals surface area contributed by atoms with E-state index in [0.29, 0.717) is 18.9 Å². The number of morpholine rings is 1. The Kier molecular flexibility index (Phi) is 5.72. The first kappa shape index (κ1) is 15.6. The summed E-state index contributed by atoms with van der Waals surface area (Å²) < 4.78 is 10.4. The number of rotatable bonds is 4. The zero-order valence-corrected chi connectivity index (χ0v) is 13.0. The van der Waals surface area contributed by atoms with E-state index in [1.165, 1.54) is 31.7 Å². The van der Waals surface area contributed by atoms with Crippen molar-refractivity contribution in [2.24, 2.45) is 0 Å². The fourth-order valence-corrected chi connectivity index (χ4v) is 3.71. The van der Waals surface area contributed by atoms with Crippen LogP contribution in [-0.4, -0.2) is 60.2 Å². The highest BCUT2D eigenvalue weighted by atomic mass is 32.2. The zero-order chi connectivity index (χ0) is 14.5. The maximum atomic E-state index is 12.4. The Morgan fingerprint density at radius 3 is 2.90 bits per heavy atom. The van der Waals surface area contributed by atoms with Crippen LogP contribution < -0.4 is 0 Å². The minimum absolute atomic E-state index is 0.117. The number of hydrogen-bond donors (Lipinski definition) is 0. The molecule has 20 heavy (non-hydrogen) atoms. The van der Waals surface area contributed by atoms with E-state index in [9.17, 15) is 9.59 Å². The molecule has 1 saturated carbocycles. The molecule has 2 fully saturated rings. The van der Waals surface area contributed by atoms with Crippen molar-refractivity contribution in [2.75, 3.05) is 26.0 Å². The second-order valence-corrected chi connectivity index (χ2v) is 6.65. The highest BCUT2D eigenvalue weighted by molar-refractivity contribution is 8.01. The Hall–Kier alpha value is -0.750. The van der Waals surface area contributed by atoms with Gasteiger partial charge in [-0.25, -0.2) is 0 Å². The van der Waals surface area contributed by atoms with Crippen LogP contribution in [0.2, 0.25) is 0 Å². The number of thioether (sulfide) groups is 1. The average molecular weight is 301 g/mol. The molecule has 1 aliphatic carbocycles. The van der Waals surface area contributed by atoms with Gasteiger partial charge in [0.1, 0.15) is 5.25 Å². The first-order chi connectivity index (χ1) is 9.63. The first-order valence-corrected chi connectivity index (χ1v) is 8.29. The van der Waals surface area contributed by atoms with Gasteiger partial charge >= 0.3 is 5.97 Å². The van der Waals surface area contributed by atoms with Crippen molar-refractivity contribution in [3.05, 3.63) is 0 Å². The lowest BCUT2D eigenvalue weighted by atomic mass is 9.90. The largest absolute Gasteiger partial charge is 0.468 e. The van der Waals surface area contributed by atoms with Crippen molar-refractivity contribution < 1.29 is 19.1 Å². The highest BCUT2D eigenvalue weighted by Crippen LogP contribution is 2.29. The van der Waals surface area contributed by atoms with E-state index in [4.69, 9.17) is 4.74 Å². The number of hydrogen-bond acceptors (Lipinski definition) is 5. The predicted octanol–water partition coefficient (Wildman–Crippen LogP) is 1.45. The van der Waals surface area contributed by atoms with Crippen LogP contribution >= 0.6 is 11.8 Å². The molecule has 0 N–H and O–H groups in total. The number of carbonyl (C=O) groups excluding carboxylic acids is 2. The molecule has 1 heterocycles. The summed E-state index contributed by atoms with van der Waals surface area (Å²) in [5.41, 5.74) is 0. The van der Waals surface area contributed by atoms with E-state index >= 15 is 0 Å². The van der Waals surface area contributed by atoms with E-state index in [0.717, 1.165) is 12.8 Å². The summed E-state index contributed by atoms with van der Waals surface area (Å²) in [6.45, 7) is 3.07. The molecule has 6 heteroatoms. The molecule has 0 bridgehead atoms. The monoisotopic (exact) mass is 301 g/mol. The number of carbonyl (C=O) groups is 2. The quantitative estimate of drug-likeness (QED) is 0.736. The van der Waals surface area contributed by atoms with Crippen LogP contribution in [0.15, 0.2) is 0 Å². The van der Waals surface area contributed by atoms with Gasteiger partial charge in [0.2, 0.25) is 5.91 Å². The van der Waals surface area contributed by atoms with E-state index < -0.39 is 0 Å². The summed E-state index contributed by atoms with van der Waals surface area (Å²) in [6, 6.07) is 0.235. The summed E-state index contributed by atoms with van der Waals surface area (Å²) in [4.78, 5) is 25.7. The number of methoxy groups -OCH3 is 1. The van der Waals surface area contributed by atoms with Gasteiger partial charge < -0.3 is 14.4 Å². The molecule has 0 radical (unpaired) electrons. The second kappa shape index (κ2) is 7.31. The summed E-state index contributed by atoms with van der Waals surface area (Å²) in [6.07, 6.45) is 4.66. The number of nitrogens with zero attached hydrogens (tertiary/aromatic N) is 1. The Balaban J connectivity index is 1.86. The molecule has 0 unspecified atom stereocenters. The zero-order valence-electron chi connectivity index (χ0n) is 12.2. The van der Waals surface area contributed by atoms with Gasteiger partial charge in [-0.2, -0.15) is 0 Å². The number of ether oxygens (including phenoxy) is 2. The van der Waals surface area contributed by atoms with Crippen LogP contribution in [0.5, 0.6) is 0 Å². The van der Waals surface area contributed by atoms with Crippen LogP contribution in [0.4, 0.5) is 0 Å². The third-order valence-electron chi connectivity index (χ3n) is 4.04. The molecular formula is C14H23NO4S. The lowest BCUT2D eigenvalue weighted by molar-refractivity contribution is -0.146. The van der Waals surface area contributed by atoms with E-state index in [2.05, 4.69) is 4.74 Å². The molecule has 3 atom stereocenters. The molecule has 0 aromatic carbocycles. The SMILES string of the molecule is COC(=O)[C@H](C)SCC(=O)N1CCO[C@H]2CCCC[C@@H]21. The molecular weight excluding hydrogens is 278 g/mol. The van der Waals surface area contributed by atoms with Gasteiger partial charge in [0.05, 0.1) is 31.6 Å². The summed E-state index contributed by atoms with van der Waals surface area (Å²) >= 11 is 1.34. The minimum Gasteiger partial charge on any atom is -0.468 e. The first-order valence-electron chi connectivity index (χ1n) is 7.24. The van der Waals surface area contributed by atoms with Crippen molar-refractivity contribution in [1.29, 1.82) is 0 Å². The molecule has 2 aliphatic rings. The Labute approximate surface area is 124 Å². The fraction of sp³-hybridized carbons (Fsp3) is 0.857. The topological polar surface area (TPSA) is 55.8 Å². The lowest BCUT2D eigenvalue weighted by Crippen LogP contribution is -2.55. The summed E-state index contributed by atoms with van der Waals surface area (Å²) in [5.74, 6) is 0.172. The maximum absolute atomic E-state index is 12.4.